The summed E-state index contributed by atoms with van der Waals surface area (Å²) in [6, 6.07) is 9.17. The van der Waals surface area contributed by atoms with Crippen molar-refractivity contribution in [3.05, 3.63) is 67.9 Å². The normalized spacial score (nSPS) is 10.9. The van der Waals surface area contributed by atoms with Gasteiger partial charge in [0.25, 0.3) is 0 Å². The maximum Gasteiger partial charge on any atom is 0.203 e. The number of aryl methyl sites for hydroxylation is 1. The predicted molar refractivity (Wildman–Crippen MR) is 124 cm³/mol. The Labute approximate surface area is 197 Å². The van der Waals surface area contributed by atoms with Gasteiger partial charge in [-0.25, -0.2) is 4.68 Å². The van der Waals surface area contributed by atoms with Gasteiger partial charge in [0.1, 0.15) is 5.15 Å². The van der Waals surface area contributed by atoms with Gasteiger partial charge < -0.3 is 19.5 Å². The van der Waals surface area contributed by atoms with Crippen LogP contribution in [0.5, 0.6) is 17.2 Å². The Bertz CT molecular complexity index is 1070. The second-order valence-corrected chi connectivity index (χ2v) is 8.05. The third-order valence-electron chi connectivity index (χ3n) is 4.92. The van der Waals surface area contributed by atoms with E-state index in [1.807, 2.05) is 25.1 Å². The quantitative estimate of drug-likeness (QED) is 0.434. The van der Waals surface area contributed by atoms with E-state index < -0.39 is 0 Å². The van der Waals surface area contributed by atoms with Crippen LogP contribution in [0.1, 0.15) is 22.4 Å². The van der Waals surface area contributed by atoms with E-state index in [2.05, 4.69) is 10.4 Å². The second-order valence-electron chi connectivity index (χ2n) is 6.85. The smallest absolute Gasteiger partial charge is 0.203 e. The van der Waals surface area contributed by atoms with Gasteiger partial charge in [-0.15, -0.1) is 0 Å². The maximum absolute atomic E-state index is 6.62. The summed E-state index contributed by atoms with van der Waals surface area (Å²) in [7, 11) is 4.78. The molecule has 0 aliphatic heterocycles. The van der Waals surface area contributed by atoms with Crippen LogP contribution < -0.4 is 19.5 Å². The molecule has 0 fully saturated rings. The van der Waals surface area contributed by atoms with E-state index >= 15 is 0 Å². The number of hydrogen-bond donors (Lipinski definition) is 1. The third-order valence-corrected chi connectivity index (χ3v) is 5.93. The van der Waals surface area contributed by atoms with E-state index in [1.54, 1.807) is 38.1 Å². The van der Waals surface area contributed by atoms with Crippen molar-refractivity contribution in [2.45, 2.75) is 26.6 Å². The molecule has 0 aliphatic carbocycles. The second kappa shape index (κ2) is 10.5. The van der Waals surface area contributed by atoms with E-state index in [0.29, 0.717) is 52.1 Å². The van der Waals surface area contributed by atoms with Crippen molar-refractivity contribution >= 4 is 34.8 Å². The van der Waals surface area contributed by atoms with Gasteiger partial charge in [-0.05, 0) is 30.7 Å². The Morgan fingerprint density at radius 1 is 0.903 bits per heavy atom. The highest BCUT2D eigenvalue weighted by Crippen LogP contribution is 2.39. The molecule has 31 heavy (non-hydrogen) atoms. The lowest BCUT2D eigenvalue weighted by Crippen LogP contribution is -2.14. The molecule has 2 aromatic carbocycles. The van der Waals surface area contributed by atoms with Crippen LogP contribution in [0, 0.1) is 6.92 Å². The van der Waals surface area contributed by atoms with Crippen molar-refractivity contribution in [2.24, 2.45) is 0 Å². The van der Waals surface area contributed by atoms with Gasteiger partial charge in [0.2, 0.25) is 5.75 Å². The summed E-state index contributed by atoms with van der Waals surface area (Å²) in [4.78, 5) is 0. The van der Waals surface area contributed by atoms with Crippen LogP contribution in [0.15, 0.2) is 30.3 Å². The van der Waals surface area contributed by atoms with E-state index in [9.17, 15) is 0 Å². The highest BCUT2D eigenvalue weighted by molar-refractivity contribution is 6.35. The molecular formula is C22H24Cl3N3O3. The first-order valence-corrected chi connectivity index (χ1v) is 10.7. The Balaban J connectivity index is 1.73. The lowest BCUT2D eigenvalue weighted by Gasteiger charge is -2.16. The first kappa shape index (κ1) is 23.5. The van der Waals surface area contributed by atoms with Crippen molar-refractivity contribution in [1.29, 1.82) is 0 Å². The summed E-state index contributed by atoms with van der Waals surface area (Å²) in [5, 5.41) is 9.71. The molecule has 166 valence electrons. The van der Waals surface area contributed by atoms with Crippen LogP contribution in [0.25, 0.3) is 0 Å². The molecule has 1 aromatic heterocycles. The van der Waals surface area contributed by atoms with Gasteiger partial charge >= 0.3 is 0 Å². The number of nitrogens with one attached hydrogen (secondary N) is 1. The van der Waals surface area contributed by atoms with E-state index in [0.717, 1.165) is 22.4 Å². The fraction of sp³-hybridized carbons (Fsp3) is 0.318. The molecule has 1 N–H and O–H groups in total. The number of ether oxygens (including phenoxy) is 3. The van der Waals surface area contributed by atoms with E-state index in [-0.39, 0.29) is 0 Å². The van der Waals surface area contributed by atoms with Gasteiger partial charge in [-0.3, -0.25) is 0 Å². The summed E-state index contributed by atoms with van der Waals surface area (Å²) < 4.78 is 18.1. The topological polar surface area (TPSA) is 57.5 Å². The average molecular weight is 485 g/mol. The average Bonchev–Trinajstić information content (AvgIpc) is 3.02. The molecule has 3 aromatic rings. The highest BCUT2D eigenvalue weighted by atomic mass is 35.5. The van der Waals surface area contributed by atoms with Crippen LogP contribution in [-0.2, 0) is 19.6 Å². The van der Waals surface area contributed by atoms with E-state index in [1.165, 1.54) is 0 Å². The van der Waals surface area contributed by atoms with Gasteiger partial charge in [0, 0.05) is 34.3 Å². The largest absolute Gasteiger partial charge is 0.493 e. The molecule has 0 aliphatic rings. The zero-order valence-corrected chi connectivity index (χ0v) is 20.0. The van der Waals surface area contributed by atoms with Crippen LogP contribution in [0.3, 0.4) is 0 Å². The summed E-state index contributed by atoms with van der Waals surface area (Å²) in [5.74, 6) is 1.81. The molecule has 0 spiro atoms. The zero-order chi connectivity index (χ0) is 22.5. The van der Waals surface area contributed by atoms with Crippen molar-refractivity contribution in [1.82, 2.24) is 15.1 Å². The van der Waals surface area contributed by atoms with E-state index in [4.69, 9.17) is 49.0 Å². The number of methoxy groups -OCH3 is 3. The predicted octanol–water partition coefficient (Wildman–Crippen LogP) is 5.52. The van der Waals surface area contributed by atoms with Gasteiger partial charge in [0.05, 0.1) is 33.6 Å². The Morgan fingerprint density at radius 3 is 2.26 bits per heavy atom. The number of halogens is 3. The summed E-state index contributed by atoms with van der Waals surface area (Å²) in [6.45, 7) is 3.48. The Morgan fingerprint density at radius 2 is 1.61 bits per heavy atom. The Hall–Kier alpha value is -2.12. The van der Waals surface area contributed by atoms with Crippen LogP contribution in [0.4, 0.5) is 0 Å². The molecule has 0 bridgehead atoms. The standard InChI is InChI=1S/C22H24Cl3N3O3/c1-13-17(22(25)28(27-13)12-15-5-7-16(23)9-18(15)24)11-26-10-14-6-8-19(29-2)21(31-4)20(14)30-3/h5-9,26H,10-12H2,1-4H3. The Kier molecular flexibility index (Phi) is 7.94. The fourth-order valence-electron chi connectivity index (χ4n) is 3.33. The minimum atomic E-state index is 0.458. The monoisotopic (exact) mass is 483 g/mol. The van der Waals surface area contributed by atoms with Crippen molar-refractivity contribution < 1.29 is 14.2 Å². The molecule has 0 radical (unpaired) electrons. The number of aromatic nitrogens is 2. The molecular weight excluding hydrogens is 461 g/mol. The lowest BCUT2D eigenvalue weighted by molar-refractivity contribution is 0.321. The van der Waals surface area contributed by atoms with Crippen molar-refractivity contribution in [3.8, 4) is 17.2 Å². The first-order valence-electron chi connectivity index (χ1n) is 9.53. The molecule has 0 saturated carbocycles. The maximum atomic E-state index is 6.62. The SMILES string of the molecule is COc1ccc(CNCc2c(C)nn(Cc3ccc(Cl)cc3Cl)c2Cl)c(OC)c1OC. The minimum Gasteiger partial charge on any atom is -0.493 e. The summed E-state index contributed by atoms with van der Waals surface area (Å²) in [5.41, 5.74) is 3.60. The lowest BCUT2D eigenvalue weighted by atomic mass is 10.1. The van der Waals surface area contributed by atoms with Gasteiger partial charge in [-0.1, -0.05) is 46.9 Å². The molecule has 1 heterocycles. The minimum absolute atomic E-state index is 0.458. The number of hydrogen-bond acceptors (Lipinski definition) is 5. The van der Waals surface area contributed by atoms with Crippen LogP contribution in [-0.4, -0.2) is 31.1 Å². The molecule has 9 heteroatoms. The van der Waals surface area contributed by atoms with Gasteiger partial charge in [0.15, 0.2) is 11.5 Å². The molecule has 3 rings (SSSR count). The number of benzene rings is 2. The molecule has 0 amide bonds. The van der Waals surface area contributed by atoms with Crippen LogP contribution >= 0.6 is 34.8 Å². The summed E-state index contributed by atoms with van der Waals surface area (Å²) >= 11 is 18.9. The number of nitrogens with zero attached hydrogens (tertiary/aromatic N) is 2. The summed E-state index contributed by atoms with van der Waals surface area (Å²) in [6.07, 6.45) is 0. The van der Waals surface area contributed by atoms with Crippen LogP contribution in [0.2, 0.25) is 15.2 Å². The fourth-order valence-corrected chi connectivity index (χ4v) is 4.10. The molecule has 0 saturated heterocycles. The van der Waals surface area contributed by atoms with Crippen molar-refractivity contribution in [3.63, 3.8) is 0 Å². The van der Waals surface area contributed by atoms with Gasteiger partial charge in [-0.2, -0.15) is 5.10 Å². The molecule has 6 nitrogen and oxygen atoms in total. The highest BCUT2D eigenvalue weighted by Gasteiger charge is 2.17. The molecule has 0 unspecified atom stereocenters. The van der Waals surface area contributed by atoms with Crippen molar-refractivity contribution in [2.75, 3.05) is 21.3 Å². The number of rotatable bonds is 9. The molecule has 0 atom stereocenters. The first-order chi connectivity index (χ1) is 14.9. The zero-order valence-electron chi connectivity index (χ0n) is 17.8. The third kappa shape index (κ3) is 5.21.